The molecule has 0 fully saturated rings. The lowest BCUT2D eigenvalue weighted by atomic mass is 10.1. The van der Waals surface area contributed by atoms with E-state index in [-0.39, 0.29) is 12.1 Å². The zero-order chi connectivity index (χ0) is 11.6. The number of aromatic amines is 1. The summed E-state index contributed by atoms with van der Waals surface area (Å²) in [6.07, 6.45) is 1.65. The summed E-state index contributed by atoms with van der Waals surface area (Å²) in [5.74, 6) is 0. The second kappa shape index (κ2) is 4.32. The highest BCUT2D eigenvalue weighted by molar-refractivity contribution is 9.10. The Morgan fingerprint density at radius 3 is 2.67 bits per heavy atom. The monoisotopic (exact) mass is 276 g/mol. The topological polar surface area (TPSA) is 75.1 Å². The summed E-state index contributed by atoms with van der Waals surface area (Å²) in [5.41, 5.74) is -1.75. The fourth-order valence-corrected chi connectivity index (χ4v) is 1.40. The molecule has 0 amide bonds. The van der Waals surface area contributed by atoms with Gasteiger partial charge in [0.05, 0.1) is 10.1 Å². The molecule has 0 spiro atoms. The molecule has 0 aliphatic rings. The maximum absolute atomic E-state index is 11.5. The minimum atomic E-state index is -0.895. The van der Waals surface area contributed by atoms with Crippen molar-refractivity contribution in [2.45, 2.75) is 32.4 Å². The van der Waals surface area contributed by atoms with Gasteiger partial charge in [-0.1, -0.05) is 0 Å². The van der Waals surface area contributed by atoms with E-state index >= 15 is 0 Å². The van der Waals surface area contributed by atoms with Crippen LogP contribution in [0.1, 0.15) is 20.3 Å². The van der Waals surface area contributed by atoms with Crippen molar-refractivity contribution < 1.29 is 5.11 Å². The van der Waals surface area contributed by atoms with E-state index < -0.39 is 11.3 Å². The van der Waals surface area contributed by atoms with E-state index in [1.165, 1.54) is 6.20 Å². The van der Waals surface area contributed by atoms with Crippen molar-refractivity contribution in [3.05, 3.63) is 31.5 Å². The molecule has 6 heteroatoms. The standard InChI is InChI=1S/C9H13BrN2O3/c1-9(2,15)3-4-12-7(13)6(10)5-11-8(12)14/h5,15H,3-4H2,1-2H3,(H,11,14). The van der Waals surface area contributed by atoms with Gasteiger partial charge < -0.3 is 10.1 Å². The predicted molar refractivity (Wildman–Crippen MR) is 59.9 cm³/mol. The number of H-pyrrole nitrogens is 1. The maximum Gasteiger partial charge on any atom is 0.328 e. The van der Waals surface area contributed by atoms with E-state index in [4.69, 9.17) is 0 Å². The number of halogens is 1. The highest BCUT2D eigenvalue weighted by atomic mass is 79.9. The fourth-order valence-electron chi connectivity index (χ4n) is 1.07. The molecule has 84 valence electrons. The fraction of sp³-hybridized carbons (Fsp3) is 0.556. The Labute approximate surface area is 94.9 Å². The summed E-state index contributed by atoms with van der Waals surface area (Å²) >= 11 is 3.03. The molecule has 1 aromatic heterocycles. The largest absolute Gasteiger partial charge is 0.390 e. The van der Waals surface area contributed by atoms with E-state index in [1.54, 1.807) is 13.8 Å². The smallest absolute Gasteiger partial charge is 0.328 e. The molecule has 15 heavy (non-hydrogen) atoms. The summed E-state index contributed by atoms with van der Waals surface area (Å²) in [4.78, 5) is 25.3. The normalized spacial score (nSPS) is 11.7. The Morgan fingerprint density at radius 1 is 1.53 bits per heavy atom. The van der Waals surface area contributed by atoms with Crippen LogP contribution in [0.25, 0.3) is 0 Å². The molecular formula is C9H13BrN2O3. The van der Waals surface area contributed by atoms with Gasteiger partial charge in [-0.15, -0.1) is 0 Å². The second-order valence-corrected chi connectivity index (χ2v) is 4.82. The second-order valence-electron chi connectivity index (χ2n) is 3.96. The van der Waals surface area contributed by atoms with Crippen LogP contribution in [-0.2, 0) is 6.54 Å². The molecule has 2 N–H and O–H groups in total. The van der Waals surface area contributed by atoms with Crippen LogP contribution in [0.2, 0.25) is 0 Å². The van der Waals surface area contributed by atoms with E-state index in [0.717, 1.165) is 4.57 Å². The van der Waals surface area contributed by atoms with Crippen LogP contribution in [0.3, 0.4) is 0 Å². The molecule has 1 heterocycles. The van der Waals surface area contributed by atoms with Crippen LogP contribution in [0.4, 0.5) is 0 Å². The average molecular weight is 277 g/mol. The van der Waals surface area contributed by atoms with Crippen molar-refractivity contribution in [3.8, 4) is 0 Å². The molecule has 0 atom stereocenters. The average Bonchev–Trinajstić information content (AvgIpc) is 2.10. The first-order valence-electron chi connectivity index (χ1n) is 4.52. The molecular weight excluding hydrogens is 264 g/mol. The number of nitrogens with one attached hydrogen (secondary N) is 1. The van der Waals surface area contributed by atoms with Gasteiger partial charge in [-0.25, -0.2) is 4.79 Å². The van der Waals surface area contributed by atoms with Gasteiger partial charge in [0.25, 0.3) is 5.56 Å². The SMILES string of the molecule is CC(C)(O)CCn1c(=O)[nH]cc(Br)c1=O. The third kappa shape index (κ3) is 3.32. The Kier molecular flexibility index (Phi) is 3.51. The summed E-state index contributed by atoms with van der Waals surface area (Å²) in [6.45, 7) is 3.45. The van der Waals surface area contributed by atoms with E-state index in [0.29, 0.717) is 10.9 Å². The molecule has 0 aliphatic heterocycles. The third-order valence-corrected chi connectivity index (χ3v) is 2.53. The van der Waals surface area contributed by atoms with Crippen LogP contribution in [0, 0.1) is 0 Å². The molecule has 1 rings (SSSR count). The Balaban J connectivity index is 3.01. The Bertz CT molecular complexity index is 456. The zero-order valence-corrected chi connectivity index (χ0v) is 10.2. The number of rotatable bonds is 3. The lowest BCUT2D eigenvalue weighted by Crippen LogP contribution is -2.37. The predicted octanol–water partition coefficient (Wildman–Crippen LogP) is 0.460. The van der Waals surface area contributed by atoms with E-state index in [9.17, 15) is 14.7 Å². The van der Waals surface area contributed by atoms with Gasteiger partial charge >= 0.3 is 5.69 Å². The molecule has 0 aromatic carbocycles. The quantitative estimate of drug-likeness (QED) is 0.842. The van der Waals surface area contributed by atoms with Gasteiger partial charge in [0.1, 0.15) is 0 Å². The first-order valence-corrected chi connectivity index (χ1v) is 5.31. The van der Waals surface area contributed by atoms with Crippen LogP contribution < -0.4 is 11.2 Å². The first kappa shape index (κ1) is 12.2. The van der Waals surface area contributed by atoms with Crippen LogP contribution in [-0.4, -0.2) is 20.3 Å². The minimum Gasteiger partial charge on any atom is -0.390 e. The van der Waals surface area contributed by atoms with Crippen molar-refractivity contribution in [2.75, 3.05) is 0 Å². The van der Waals surface area contributed by atoms with Gasteiger partial charge in [0.15, 0.2) is 0 Å². The minimum absolute atomic E-state index is 0.192. The van der Waals surface area contributed by atoms with Crippen molar-refractivity contribution >= 4 is 15.9 Å². The van der Waals surface area contributed by atoms with Gasteiger partial charge in [0.2, 0.25) is 0 Å². The molecule has 0 aliphatic carbocycles. The maximum atomic E-state index is 11.5. The summed E-state index contributed by atoms with van der Waals surface area (Å²) in [7, 11) is 0. The number of aromatic nitrogens is 2. The number of hydrogen-bond donors (Lipinski definition) is 2. The highest BCUT2D eigenvalue weighted by Crippen LogP contribution is 2.07. The number of nitrogens with zero attached hydrogens (tertiary/aromatic N) is 1. The molecule has 0 radical (unpaired) electrons. The number of hydrogen-bond acceptors (Lipinski definition) is 3. The lowest BCUT2D eigenvalue weighted by Gasteiger charge is -2.16. The van der Waals surface area contributed by atoms with Crippen LogP contribution in [0.15, 0.2) is 20.3 Å². The highest BCUT2D eigenvalue weighted by Gasteiger charge is 2.14. The summed E-state index contributed by atoms with van der Waals surface area (Å²) < 4.78 is 1.36. The molecule has 0 saturated carbocycles. The molecule has 1 aromatic rings. The van der Waals surface area contributed by atoms with Crippen molar-refractivity contribution in [1.82, 2.24) is 9.55 Å². The van der Waals surface area contributed by atoms with E-state index in [2.05, 4.69) is 20.9 Å². The van der Waals surface area contributed by atoms with Gasteiger partial charge in [-0.05, 0) is 36.2 Å². The first-order chi connectivity index (χ1) is 6.81. The van der Waals surface area contributed by atoms with Gasteiger partial charge in [-0.2, -0.15) is 0 Å². The molecule has 0 unspecified atom stereocenters. The molecule has 5 nitrogen and oxygen atoms in total. The molecule has 0 saturated heterocycles. The van der Waals surface area contributed by atoms with Crippen molar-refractivity contribution in [3.63, 3.8) is 0 Å². The van der Waals surface area contributed by atoms with Crippen LogP contribution in [0.5, 0.6) is 0 Å². The summed E-state index contributed by atoms with van der Waals surface area (Å²) in [6, 6.07) is 0. The van der Waals surface area contributed by atoms with Crippen molar-refractivity contribution in [1.29, 1.82) is 0 Å². The van der Waals surface area contributed by atoms with E-state index in [1.807, 2.05) is 0 Å². The van der Waals surface area contributed by atoms with Crippen LogP contribution >= 0.6 is 15.9 Å². The lowest BCUT2D eigenvalue weighted by molar-refractivity contribution is 0.0655. The zero-order valence-electron chi connectivity index (χ0n) is 8.58. The van der Waals surface area contributed by atoms with Gasteiger partial charge in [-0.3, -0.25) is 9.36 Å². The Hall–Kier alpha value is -0.880. The third-order valence-electron chi connectivity index (χ3n) is 1.96. The van der Waals surface area contributed by atoms with Gasteiger partial charge in [0, 0.05) is 12.7 Å². The Morgan fingerprint density at radius 2 is 2.13 bits per heavy atom. The molecule has 0 bridgehead atoms. The summed E-state index contributed by atoms with van der Waals surface area (Å²) in [5, 5.41) is 9.49. The number of aliphatic hydroxyl groups is 1. The van der Waals surface area contributed by atoms with Crippen molar-refractivity contribution in [2.24, 2.45) is 0 Å².